The second kappa shape index (κ2) is 6.53. The van der Waals surface area contributed by atoms with Gasteiger partial charge >= 0.3 is 0 Å². The first-order chi connectivity index (χ1) is 9.08. The van der Waals surface area contributed by atoms with Crippen molar-refractivity contribution >= 4 is 0 Å². The molecule has 106 valence electrons. The van der Waals surface area contributed by atoms with Crippen molar-refractivity contribution < 1.29 is 4.74 Å². The van der Waals surface area contributed by atoms with Crippen LogP contribution in [0.2, 0.25) is 0 Å². The summed E-state index contributed by atoms with van der Waals surface area (Å²) in [5.74, 6) is 0.610. The number of rotatable bonds is 5. The van der Waals surface area contributed by atoms with Crippen LogP contribution in [0.1, 0.15) is 51.3 Å². The largest absolute Gasteiger partial charge is 0.373 e. The molecule has 0 fully saturated rings. The quantitative estimate of drug-likeness (QED) is 0.872. The molecule has 0 bridgehead atoms. The third kappa shape index (κ3) is 3.80. The molecule has 1 aromatic rings. The van der Waals surface area contributed by atoms with Crippen LogP contribution in [0.5, 0.6) is 0 Å². The molecule has 3 atom stereocenters. The van der Waals surface area contributed by atoms with Gasteiger partial charge in [-0.25, -0.2) is 0 Å². The molecule has 1 aliphatic rings. The maximum absolute atomic E-state index is 6.00. The molecule has 1 heterocycles. The number of hydrogen-bond acceptors (Lipinski definition) is 2. The fourth-order valence-corrected chi connectivity index (χ4v) is 2.90. The highest BCUT2D eigenvalue weighted by molar-refractivity contribution is 5.30. The summed E-state index contributed by atoms with van der Waals surface area (Å²) in [4.78, 5) is 0. The molecule has 0 spiro atoms. The Labute approximate surface area is 117 Å². The number of ether oxygens (including phenoxy) is 1. The molecule has 0 aliphatic carbocycles. The summed E-state index contributed by atoms with van der Waals surface area (Å²) in [7, 11) is 0. The molecule has 2 heteroatoms. The van der Waals surface area contributed by atoms with E-state index < -0.39 is 0 Å². The molecule has 1 aliphatic heterocycles. The minimum Gasteiger partial charge on any atom is -0.373 e. The first-order valence-electron chi connectivity index (χ1n) is 7.53. The predicted molar refractivity (Wildman–Crippen MR) is 80.4 cm³/mol. The van der Waals surface area contributed by atoms with Gasteiger partial charge in [-0.3, -0.25) is 0 Å². The number of nitrogens with one attached hydrogen (secondary N) is 1. The van der Waals surface area contributed by atoms with Crippen molar-refractivity contribution in [2.75, 3.05) is 6.61 Å². The molecule has 0 aromatic heterocycles. The Morgan fingerprint density at radius 3 is 2.68 bits per heavy atom. The van der Waals surface area contributed by atoms with Crippen LogP contribution >= 0.6 is 0 Å². The highest BCUT2D eigenvalue weighted by Gasteiger charge is 2.24. The highest BCUT2D eigenvalue weighted by atomic mass is 16.5. The molecule has 1 N–H and O–H groups in total. The summed E-state index contributed by atoms with van der Waals surface area (Å²) in [6.07, 6.45) is 2.43. The highest BCUT2D eigenvalue weighted by Crippen LogP contribution is 2.32. The van der Waals surface area contributed by atoms with E-state index in [1.807, 2.05) is 0 Å². The number of fused-ring (bicyclic) bond motifs is 1. The van der Waals surface area contributed by atoms with Crippen LogP contribution in [0.4, 0.5) is 0 Å². The Hall–Kier alpha value is -0.860. The molecular formula is C17H27NO. The van der Waals surface area contributed by atoms with Crippen LogP contribution in [-0.4, -0.2) is 18.7 Å². The van der Waals surface area contributed by atoms with Gasteiger partial charge in [-0.05, 0) is 36.8 Å². The van der Waals surface area contributed by atoms with Crippen LogP contribution in [0, 0.1) is 5.92 Å². The molecule has 0 radical (unpaired) electrons. The Morgan fingerprint density at radius 1 is 1.21 bits per heavy atom. The molecule has 1 aromatic carbocycles. The third-order valence-electron chi connectivity index (χ3n) is 4.13. The van der Waals surface area contributed by atoms with Crippen LogP contribution < -0.4 is 5.32 Å². The van der Waals surface area contributed by atoms with Crippen molar-refractivity contribution in [1.29, 1.82) is 0 Å². The van der Waals surface area contributed by atoms with Crippen LogP contribution in [0.15, 0.2) is 24.3 Å². The first-order valence-corrected chi connectivity index (χ1v) is 7.53. The van der Waals surface area contributed by atoms with Crippen molar-refractivity contribution in [2.24, 2.45) is 5.92 Å². The van der Waals surface area contributed by atoms with E-state index in [0.717, 1.165) is 19.4 Å². The van der Waals surface area contributed by atoms with Crippen LogP contribution in [0.3, 0.4) is 0 Å². The lowest BCUT2D eigenvalue weighted by atomic mass is 9.89. The fraction of sp³-hybridized carbons (Fsp3) is 0.647. The van der Waals surface area contributed by atoms with E-state index in [9.17, 15) is 0 Å². The monoisotopic (exact) mass is 261 g/mol. The van der Waals surface area contributed by atoms with Gasteiger partial charge in [0.05, 0.1) is 12.7 Å². The summed E-state index contributed by atoms with van der Waals surface area (Å²) in [6.45, 7) is 9.87. The molecule has 19 heavy (non-hydrogen) atoms. The average molecular weight is 261 g/mol. The Balaban J connectivity index is 2.00. The second-order valence-corrected chi connectivity index (χ2v) is 6.13. The van der Waals surface area contributed by atoms with Crippen LogP contribution in [0.25, 0.3) is 0 Å². The van der Waals surface area contributed by atoms with Crippen molar-refractivity contribution in [3.63, 3.8) is 0 Å². The molecule has 2 nitrogen and oxygen atoms in total. The summed E-state index contributed by atoms with van der Waals surface area (Å²) >= 11 is 0. The predicted octanol–water partition coefficient (Wildman–Crippen LogP) is 3.71. The molecule has 0 saturated carbocycles. The molecule has 3 unspecified atom stereocenters. The summed E-state index contributed by atoms with van der Waals surface area (Å²) in [6, 6.07) is 9.79. The van der Waals surface area contributed by atoms with Gasteiger partial charge in [-0.15, -0.1) is 0 Å². The zero-order valence-corrected chi connectivity index (χ0v) is 12.6. The lowest BCUT2D eigenvalue weighted by Crippen LogP contribution is -2.38. The zero-order valence-electron chi connectivity index (χ0n) is 12.6. The van der Waals surface area contributed by atoms with E-state index in [4.69, 9.17) is 4.74 Å². The van der Waals surface area contributed by atoms with E-state index in [0.29, 0.717) is 18.0 Å². The number of benzene rings is 1. The first kappa shape index (κ1) is 14.5. The van der Waals surface area contributed by atoms with Crippen molar-refractivity contribution in [1.82, 2.24) is 5.32 Å². The van der Waals surface area contributed by atoms with Crippen molar-refractivity contribution in [3.8, 4) is 0 Å². The van der Waals surface area contributed by atoms with Gasteiger partial charge < -0.3 is 10.1 Å². The molecule has 0 amide bonds. The van der Waals surface area contributed by atoms with E-state index in [1.165, 1.54) is 11.1 Å². The van der Waals surface area contributed by atoms with E-state index in [2.05, 4.69) is 57.3 Å². The summed E-state index contributed by atoms with van der Waals surface area (Å²) in [5.41, 5.74) is 2.87. The van der Waals surface area contributed by atoms with E-state index in [1.54, 1.807) is 0 Å². The summed E-state index contributed by atoms with van der Waals surface area (Å²) < 4.78 is 6.00. The van der Waals surface area contributed by atoms with Gasteiger partial charge in [0.25, 0.3) is 0 Å². The lowest BCUT2D eigenvalue weighted by molar-refractivity contribution is 0.0234. The van der Waals surface area contributed by atoms with Gasteiger partial charge in [0.1, 0.15) is 0 Å². The molecule has 0 saturated heterocycles. The Bertz CT molecular complexity index is 402. The van der Waals surface area contributed by atoms with Crippen molar-refractivity contribution in [2.45, 2.75) is 58.7 Å². The maximum atomic E-state index is 6.00. The van der Waals surface area contributed by atoms with Gasteiger partial charge in [-0.2, -0.15) is 0 Å². The third-order valence-corrected chi connectivity index (χ3v) is 4.13. The van der Waals surface area contributed by atoms with E-state index >= 15 is 0 Å². The smallest absolute Gasteiger partial charge is 0.0830 e. The van der Waals surface area contributed by atoms with E-state index in [-0.39, 0.29) is 6.10 Å². The zero-order chi connectivity index (χ0) is 13.8. The standard InChI is InChI=1S/C17H27NO/c1-12(2)18-14(4)13(3)11-17-16-8-6-5-7-15(16)9-10-19-17/h5-8,12-14,17-18H,9-11H2,1-4H3. The van der Waals surface area contributed by atoms with Gasteiger partial charge in [0.2, 0.25) is 0 Å². The molecule has 2 rings (SSSR count). The fourth-order valence-electron chi connectivity index (χ4n) is 2.90. The second-order valence-electron chi connectivity index (χ2n) is 6.13. The van der Waals surface area contributed by atoms with Gasteiger partial charge in [0.15, 0.2) is 0 Å². The van der Waals surface area contributed by atoms with Crippen LogP contribution in [-0.2, 0) is 11.2 Å². The minimum atomic E-state index is 0.274. The Kier molecular flexibility index (Phi) is 5.00. The average Bonchev–Trinajstić information content (AvgIpc) is 2.38. The molecular weight excluding hydrogens is 234 g/mol. The van der Waals surface area contributed by atoms with Gasteiger partial charge in [-0.1, -0.05) is 45.0 Å². The minimum absolute atomic E-state index is 0.274. The van der Waals surface area contributed by atoms with Gasteiger partial charge in [0, 0.05) is 12.1 Å². The summed E-state index contributed by atoms with van der Waals surface area (Å²) in [5, 5.41) is 3.60. The maximum Gasteiger partial charge on any atom is 0.0830 e. The normalized spacial score (nSPS) is 22.1. The Morgan fingerprint density at radius 2 is 1.95 bits per heavy atom. The van der Waals surface area contributed by atoms with Crippen molar-refractivity contribution in [3.05, 3.63) is 35.4 Å². The number of hydrogen-bond donors (Lipinski definition) is 1. The topological polar surface area (TPSA) is 21.3 Å². The SMILES string of the molecule is CC(C)NC(C)C(C)CC1OCCc2ccccc21. The lowest BCUT2D eigenvalue weighted by Gasteiger charge is -2.31.